The van der Waals surface area contributed by atoms with Crippen LogP contribution in [0, 0.1) is 17.7 Å². The van der Waals surface area contributed by atoms with Gasteiger partial charge >= 0.3 is 0 Å². The second kappa shape index (κ2) is 10.0. The van der Waals surface area contributed by atoms with Gasteiger partial charge in [-0.25, -0.2) is 4.39 Å². The molecule has 0 aliphatic heterocycles. The highest BCUT2D eigenvalue weighted by atomic mass is 19.1. The van der Waals surface area contributed by atoms with Crippen molar-refractivity contribution in [1.82, 2.24) is 10.2 Å². The molecule has 0 bridgehead atoms. The number of amides is 2. The second-order valence-electron chi connectivity index (χ2n) is 7.70. The van der Waals surface area contributed by atoms with Crippen LogP contribution in [0.25, 0.3) is 0 Å². The van der Waals surface area contributed by atoms with Crippen molar-refractivity contribution in [2.24, 2.45) is 11.8 Å². The average molecular weight is 384 g/mol. The van der Waals surface area contributed by atoms with Gasteiger partial charge in [0.15, 0.2) is 0 Å². The molecule has 2 aromatic rings. The number of benzene rings is 2. The van der Waals surface area contributed by atoms with E-state index in [0.717, 1.165) is 11.1 Å². The van der Waals surface area contributed by atoms with Gasteiger partial charge in [0.05, 0.1) is 0 Å². The number of hydrogen-bond donors (Lipinski definition) is 1. The highest BCUT2D eigenvalue weighted by Crippen LogP contribution is 2.25. The molecule has 5 heteroatoms. The third-order valence-corrected chi connectivity index (χ3v) is 4.40. The molecule has 0 unspecified atom stereocenters. The first-order valence-corrected chi connectivity index (χ1v) is 9.67. The predicted molar refractivity (Wildman–Crippen MR) is 109 cm³/mol. The van der Waals surface area contributed by atoms with Gasteiger partial charge in [0.2, 0.25) is 11.8 Å². The van der Waals surface area contributed by atoms with Crippen LogP contribution in [0.15, 0.2) is 54.6 Å². The first-order valence-electron chi connectivity index (χ1n) is 9.67. The number of hydrogen-bond acceptors (Lipinski definition) is 2. The fraction of sp³-hybridized carbons (Fsp3) is 0.391. The predicted octanol–water partition coefficient (Wildman–Crippen LogP) is 4.32. The maximum atomic E-state index is 13.3. The number of halogens is 1. The molecule has 1 N–H and O–H groups in total. The van der Waals surface area contributed by atoms with Gasteiger partial charge in [-0.05, 0) is 29.2 Å². The maximum Gasteiger partial charge on any atom is 0.247 e. The molecule has 150 valence electrons. The number of carbonyl (C=O) groups excluding carboxylic acids is 2. The zero-order valence-corrected chi connectivity index (χ0v) is 17.0. The summed E-state index contributed by atoms with van der Waals surface area (Å²) in [5.74, 6) is -0.648. The van der Waals surface area contributed by atoms with Crippen LogP contribution in [-0.2, 0) is 16.1 Å². The third-order valence-electron chi connectivity index (χ3n) is 4.40. The Balaban J connectivity index is 2.42. The van der Waals surface area contributed by atoms with E-state index >= 15 is 0 Å². The van der Waals surface area contributed by atoms with Crippen LogP contribution in [0.1, 0.15) is 44.9 Å². The topological polar surface area (TPSA) is 49.4 Å². The minimum Gasteiger partial charge on any atom is -0.354 e. The van der Waals surface area contributed by atoms with Crippen molar-refractivity contribution in [3.8, 4) is 0 Å². The second-order valence-corrected chi connectivity index (χ2v) is 7.70. The van der Waals surface area contributed by atoms with E-state index in [1.165, 1.54) is 12.1 Å². The fourth-order valence-electron chi connectivity index (χ4n) is 2.92. The largest absolute Gasteiger partial charge is 0.354 e. The van der Waals surface area contributed by atoms with Crippen molar-refractivity contribution in [3.05, 3.63) is 71.5 Å². The lowest BCUT2D eigenvalue weighted by Gasteiger charge is -2.33. The van der Waals surface area contributed by atoms with E-state index in [-0.39, 0.29) is 30.1 Å². The Morgan fingerprint density at radius 2 is 1.57 bits per heavy atom. The van der Waals surface area contributed by atoms with Gasteiger partial charge in [0.25, 0.3) is 0 Å². The van der Waals surface area contributed by atoms with Crippen LogP contribution >= 0.6 is 0 Å². The smallest absolute Gasteiger partial charge is 0.247 e. The normalized spacial score (nSPS) is 12.1. The molecule has 2 aromatic carbocycles. The molecule has 0 aliphatic carbocycles. The summed E-state index contributed by atoms with van der Waals surface area (Å²) in [7, 11) is 0. The Morgan fingerprint density at radius 1 is 0.964 bits per heavy atom. The number of carbonyl (C=O) groups is 2. The van der Waals surface area contributed by atoms with Gasteiger partial charge in [-0.2, -0.15) is 0 Å². The van der Waals surface area contributed by atoms with E-state index in [1.54, 1.807) is 17.0 Å². The summed E-state index contributed by atoms with van der Waals surface area (Å²) in [4.78, 5) is 27.7. The highest BCUT2D eigenvalue weighted by Gasteiger charge is 2.32. The van der Waals surface area contributed by atoms with Crippen LogP contribution in [0.4, 0.5) is 4.39 Å². The van der Waals surface area contributed by atoms with E-state index in [0.29, 0.717) is 12.5 Å². The lowest BCUT2D eigenvalue weighted by Crippen LogP contribution is -2.45. The molecule has 2 rings (SSSR count). The van der Waals surface area contributed by atoms with Crippen molar-refractivity contribution in [2.45, 2.75) is 40.3 Å². The third kappa shape index (κ3) is 5.91. The zero-order chi connectivity index (χ0) is 20.7. The first kappa shape index (κ1) is 21.6. The summed E-state index contributed by atoms with van der Waals surface area (Å²) in [6, 6.07) is 14.6. The molecule has 2 amide bonds. The van der Waals surface area contributed by atoms with Crippen molar-refractivity contribution in [3.63, 3.8) is 0 Å². The Kier molecular flexibility index (Phi) is 7.73. The lowest BCUT2D eigenvalue weighted by atomic mass is 10.0. The molecule has 28 heavy (non-hydrogen) atoms. The Hall–Kier alpha value is -2.69. The minimum absolute atomic E-state index is 0.127. The standard InChI is InChI=1S/C23H29FN2O2/c1-16(2)14-25-22(27)21(19-8-6-5-7-9-19)26(23(28)17(3)4)15-18-10-12-20(24)13-11-18/h5-13,16-17,21H,14-15H2,1-4H3,(H,25,27)/t21-/m1/s1. The number of rotatable bonds is 8. The van der Waals surface area contributed by atoms with E-state index < -0.39 is 6.04 Å². The molecule has 0 spiro atoms. The molecule has 0 heterocycles. The Bertz CT molecular complexity index is 773. The van der Waals surface area contributed by atoms with Gasteiger partial charge in [0.1, 0.15) is 11.9 Å². The van der Waals surface area contributed by atoms with Crippen molar-refractivity contribution in [1.29, 1.82) is 0 Å². The number of nitrogens with zero attached hydrogens (tertiary/aromatic N) is 1. The van der Waals surface area contributed by atoms with Gasteiger partial charge in [-0.3, -0.25) is 9.59 Å². The fourth-order valence-corrected chi connectivity index (χ4v) is 2.92. The zero-order valence-electron chi connectivity index (χ0n) is 17.0. The Labute approximate surface area is 166 Å². The van der Waals surface area contributed by atoms with Crippen LogP contribution in [-0.4, -0.2) is 23.3 Å². The van der Waals surface area contributed by atoms with E-state index in [2.05, 4.69) is 5.32 Å². The molecular formula is C23H29FN2O2. The van der Waals surface area contributed by atoms with Crippen LogP contribution in [0.5, 0.6) is 0 Å². The van der Waals surface area contributed by atoms with Gasteiger partial charge in [0, 0.05) is 19.0 Å². The van der Waals surface area contributed by atoms with Crippen molar-refractivity contribution in [2.75, 3.05) is 6.54 Å². The average Bonchev–Trinajstić information content (AvgIpc) is 2.67. The monoisotopic (exact) mass is 384 g/mol. The molecule has 0 aromatic heterocycles. The minimum atomic E-state index is -0.750. The summed E-state index contributed by atoms with van der Waals surface area (Å²) in [6.07, 6.45) is 0. The van der Waals surface area contributed by atoms with Crippen LogP contribution in [0.2, 0.25) is 0 Å². The quantitative estimate of drug-likeness (QED) is 0.737. The maximum absolute atomic E-state index is 13.3. The van der Waals surface area contributed by atoms with Crippen molar-refractivity contribution >= 4 is 11.8 Å². The molecule has 0 fully saturated rings. The van der Waals surface area contributed by atoms with E-state index in [1.807, 2.05) is 58.0 Å². The SMILES string of the molecule is CC(C)CNC(=O)[C@@H](c1ccccc1)N(Cc1ccc(F)cc1)C(=O)C(C)C. The van der Waals surface area contributed by atoms with Gasteiger partial charge < -0.3 is 10.2 Å². The molecule has 0 saturated heterocycles. The molecule has 4 nitrogen and oxygen atoms in total. The molecule has 0 aliphatic rings. The van der Waals surface area contributed by atoms with Gasteiger partial charge in [-0.1, -0.05) is 70.2 Å². The number of nitrogens with one attached hydrogen (secondary N) is 1. The summed E-state index contributed by atoms with van der Waals surface area (Å²) < 4.78 is 13.3. The van der Waals surface area contributed by atoms with Gasteiger partial charge in [-0.15, -0.1) is 0 Å². The van der Waals surface area contributed by atoms with Crippen LogP contribution < -0.4 is 5.32 Å². The molecule has 0 saturated carbocycles. The summed E-state index contributed by atoms with van der Waals surface area (Å²) in [5, 5.41) is 2.96. The van der Waals surface area contributed by atoms with Crippen molar-refractivity contribution < 1.29 is 14.0 Å². The Morgan fingerprint density at radius 3 is 2.11 bits per heavy atom. The summed E-state index contributed by atoms with van der Waals surface area (Å²) in [5.41, 5.74) is 1.52. The van der Waals surface area contributed by atoms with E-state index in [9.17, 15) is 14.0 Å². The van der Waals surface area contributed by atoms with E-state index in [4.69, 9.17) is 0 Å². The molecule has 1 atom stereocenters. The first-order chi connectivity index (χ1) is 13.3. The van der Waals surface area contributed by atoms with Crippen LogP contribution in [0.3, 0.4) is 0 Å². The molecule has 0 radical (unpaired) electrons. The molecular weight excluding hydrogens is 355 g/mol. The highest BCUT2D eigenvalue weighted by molar-refractivity contribution is 5.89. The summed E-state index contributed by atoms with van der Waals surface area (Å²) in [6.45, 7) is 8.43. The lowest BCUT2D eigenvalue weighted by molar-refractivity contribution is -0.144. The summed E-state index contributed by atoms with van der Waals surface area (Å²) >= 11 is 0.